The van der Waals surface area contributed by atoms with Crippen LogP contribution in [0.1, 0.15) is 5.69 Å². The molecule has 2 aromatic heterocycles. The molecule has 0 amide bonds. The van der Waals surface area contributed by atoms with Gasteiger partial charge in [-0.1, -0.05) is 5.16 Å². The number of ether oxygens (including phenoxy) is 2. The van der Waals surface area contributed by atoms with Crippen LogP contribution in [0.15, 0.2) is 65.9 Å². The van der Waals surface area contributed by atoms with Crippen LogP contribution in [0.5, 0.6) is 17.2 Å². The summed E-state index contributed by atoms with van der Waals surface area (Å²) in [6.07, 6.45) is -2.02. The number of nitrogens with zero attached hydrogens (tertiary/aromatic N) is 4. The number of imidazole rings is 1. The van der Waals surface area contributed by atoms with Crippen LogP contribution in [0.2, 0.25) is 0 Å². The minimum Gasteiger partial charge on any atom is -0.457 e. The first-order valence-electron chi connectivity index (χ1n) is 9.21. The zero-order chi connectivity index (χ0) is 22.7. The van der Waals surface area contributed by atoms with E-state index in [2.05, 4.69) is 25.2 Å². The highest BCUT2D eigenvalue weighted by Crippen LogP contribution is 2.29. The van der Waals surface area contributed by atoms with Crippen molar-refractivity contribution in [2.24, 2.45) is 12.2 Å². The van der Waals surface area contributed by atoms with E-state index in [0.717, 1.165) is 5.52 Å². The molecule has 11 heteroatoms. The molecule has 0 fully saturated rings. The summed E-state index contributed by atoms with van der Waals surface area (Å²) in [4.78, 5) is 8.55. The maximum absolute atomic E-state index is 12.3. The van der Waals surface area contributed by atoms with Gasteiger partial charge in [-0.2, -0.15) is 0 Å². The molecule has 0 spiro atoms. The minimum atomic E-state index is -4.74. The minimum absolute atomic E-state index is 0.306. The molecule has 0 aliphatic carbocycles. The van der Waals surface area contributed by atoms with Crippen molar-refractivity contribution in [1.82, 2.24) is 14.5 Å². The molecular formula is C21H16F3N5O3. The van der Waals surface area contributed by atoms with Gasteiger partial charge in [0.25, 0.3) is 0 Å². The summed E-state index contributed by atoms with van der Waals surface area (Å²) in [6.45, 7) is 0. The van der Waals surface area contributed by atoms with Crippen LogP contribution in [0, 0.1) is 0 Å². The first-order chi connectivity index (χ1) is 15.3. The van der Waals surface area contributed by atoms with Crippen LogP contribution in [0.3, 0.4) is 0 Å². The van der Waals surface area contributed by atoms with E-state index in [1.165, 1.54) is 36.7 Å². The highest BCUT2D eigenvalue weighted by molar-refractivity contribution is 5.81. The van der Waals surface area contributed by atoms with Crippen molar-refractivity contribution in [2.45, 2.75) is 6.36 Å². The molecule has 8 nitrogen and oxygen atoms in total. The number of benzene rings is 2. The van der Waals surface area contributed by atoms with Gasteiger partial charge in [-0.05, 0) is 42.5 Å². The van der Waals surface area contributed by atoms with Gasteiger partial charge >= 0.3 is 6.36 Å². The van der Waals surface area contributed by atoms with Crippen LogP contribution in [-0.4, -0.2) is 32.3 Å². The van der Waals surface area contributed by atoms with Crippen LogP contribution in [0.4, 0.5) is 24.8 Å². The van der Waals surface area contributed by atoms with E-state index in [1.54, 1.807) is 24.3 Å². The van der Waals surface area contributed by atoms with Crippen LogP contribution >= 0.6 is 0 Å². The molecule has 4 rings (SSSR count). The SMILES string of the molecule is Cn1c(Nc2ccc(OC(F)(F)F)cc2)nc2cc(Oc3ccnc(C=NO)c3)ccc21. The number of alkyl halides is 3. The van der Waals surface area contributed by atoms with Gasteiger partial charge in [0, 0.05) is 31.1 Å². The Morgan fingerprint density at radius 2 is 1.75 bits per heavy atom. The maximum atomic E-state index is 12.3. The van der Waals surface area contributed by atoms with E-state index in [9.17, 15) is 13.2 Å². The Hall–Kier alpha value is -4.28. The molecule has 2 heterocycles. The summed E-state index contributed by atoms with van der Waals surface area (Å²) < 4.78 is 48.4. The van der Waals surface area contributed by atoms with Gasteiger partial charge in [0.05, 0.1) is 22.9 Å². The molecule has 0 atom stereocenters. The van der Waals surface area contributed by atoms with Crippen molar-refractivity contribution >= 4 is 28.9 Å². The van der Waals surface area contributed by atoms with Crippen molar-refractivity contribution in [3.05, 3.63) is 66.5 Å². The van der Waals surface area contributed by atoms with Crippen molar-refractivity contribution in [3.8, 4) is 17.2 Å². The predicted octanol–water partition coefficient (Wildman–Crippen LogP) is 5.21. The van der Waals surface area contributed by atoms with Crippen molar-refractivity contribution < 1.29 is 27.9 Å². The quantitative estimate of drug-likeness (QED) is 0.241. The van der Waals surface area contributed by atoms with Gasteiger partial charge in [0.1, 0.15) is 17.2 Å². The first kappa shape index (κ1) is 21.0. The molecule has 0 saturated carbocycles. The maximum Gasteiger partial charge on any atom is 0.573 e. The summed E-state index contributed by atoms with van der Waals surface area (Å²) >= 11 is 0. The van der Waals surface area contributed by atoms with Crippen LogP contribution in [-0.2, 0) is 7.05 Å². The Kier molecular flexibility index (Phi) is 5.54. The number of halogens is 3. The van der Waals surface area contributed by atoms with Gasteiger partial charge in [0.2, 0.25) is 5.95 Å². The Labute approximate surface area is 179 Å². The number of pyridine rings is 1. The fourth-order valence-electron chi connectivity index (χ4n) is 2.98. The molecule has 0 radical (unpaired) electrons. The van der Waals surface area contributed by atoms with Crippen molar-refractivity contribution in [2.75, 3.05) is 5.32 Å². The second-order valence-electron chi connectivity index (χ2n) is 6.61. The molecule has 4 aromatic rings. The van der Waals surface area contributed by atoms with Gasteiger partial charge in [-0.15, -0.1) is 13.2 Å². The lowest BCUT2D eigenvalue weighted by molar-refractivity contribution is -0.274. The molecule has 0 saturated heterocycles. The predicted molar refractivity (Wildman–Crippen MR) is 111 cm³/mol. The molecule has 32 heavy (non-hydrogen) atoms. The highest BCUT2D eigenvalue weighted by Gasteiger charge is 2.30. The Morgan fingerprint density at radius 1 is 1.03 bits per heavy atom. The molecule has 164 valence electrons. The first-order valence-corrected chi connectivity index (χ1v) is 9.21. The van der Waals surface area contributed by atoms with Gasteiger partial charge in [-0.25, -0.2) is 4.98 Å². The molecule has 2 N–H and O–H groups in total. The fraction of sp³-hybridized carbons (Fsp3) is 0.0952. The zero-order valence-corrected chi connectivity index (χ0v) is 16.5. The normalized spacial score (nSPS) is 11.8. The smallest absolute Gasteiger partial charge is 0.457 e. The third-order valence-electron chi connectivity index (χ3n) is 4.37. The van der Waals surface area contributed by atoms with E-state index in [-0.39, 0.29) is 5.75 Å². The average Bonchev–Trinajstić information content (AvgIpc) is 3.04. The van der Waals surface area contributed by atoms with Gasteiger partial charge < -0.3 is 24.6 Å². The van der Waals surface area contributed by atoms with Crippen LogP contribution < -0.4 is 14.8 Å². The third-order valence-corrected chi connectivity index (χ3v) is 4.37. The monoisotopic (exact) mass is 443 g/mol. The van der Waals surface area contributed by atoms with Gasteiger partial charge in [0.15, 0.2) is 0 Å². The van der Waals surface area contributed by atoms with E-state index >= 15 is 0 Å². The summed E-state index contributed by atoms with van der Waals surface area (Å²) in [6, 6.07) is 14.0. The summed E-state index contributed by atoms with van der Waals surface area (Å²) in [5.74, 6) is 1.23. The number of aromatic nitrogens is 3. The molecule has 2 aromatic carbocycles. The Balaban J connectivity index is 1.53. The highest BCUT2D eigenvalue weighted by atomic mass is 19.4. The molecule has 0 aliphatic rings. The lowest BCUT2D eigenvalue weighted by Gasteiger charge is -2.10. The van der Waals surface area contributed by atoms with Crippen molar-refractivity contribution in [3.63, 3.8) is 0 Å². The summed E-state index contributed by atoms with van der Waals surface area (Å²) in [7, 11) is 1.81. The number of aryl methyl sites for hydroxylation is 1. The van der Waals surface area contributed by atoms with E-state index in [4.69, 9.17) is 9.94 Å². The molecule has 0 aliphatic heterocycles. The molecule has 0 bridgehead atoms. The number of oxime groups is 1. The standard InChI is InChI=1S/C21H16F3N5O3/c1-29-19-7-6-16(31-17-8-9-25-14(10-17)12-26-30)11-18(19)28-20(29)27-13-2-4-15(5-3-13)32-21(22,23)24/h2-12,30H,1H3,(H,27,28). The second-order valence-corrected chi connectivity index (χ2v) is 6.61. The van der Waals surface area contributed by atoms with Crippen molar-refractivity contribution in [1.29, 1.82) is 0 Å². The Morgan fingerprint density at radius 3 is 2.47 bits per heavy atom. The summed E-state index contributed by atoms with van der Waals surface area (Å²) in [5, 5.41) is 14.6. The summed E-state index contributed by atoms with van der Waals surface area (Å²) in [5.41, 5.74) is 2.45. The average molecular weight is 443 g/mol. The van der Waals surface area contributed by atoms with E-state index in [0.29, 0.717) is 34.3 Å². The van der Waals surface area contributed by atoms with Crippen LogP contribution in [0.25, 0.3) is 11.0 Å². The largest absolute Gasteiger partial charge is 0.573 e. The number of fused-ring (bicyclic) bond motifs is 1. The lowest BCUT2D eigenvalue weighted by Crippen LogP contribution is -2.17. The van der Waals surface area contributed by atoms with Gasteiger partial charge in [-0.3, -0.25) is 4.98 Å². The number of nitrogens with one attached hydrogen (secondary N) is 1. The lowest BCUT2D eigenvalue weighted by atomic mass is 10.3. The zero-order valence-electron chi connectivity index (χ0n) is 16.5. The topological polar surface area (TPSA) is 93.8 Å². The molecule has 0 unspecified atom stereocenters. The van der Waals surface area contributed by atoms with E-state index < -0.39 is 6.36 Å². The Bertz CT molecular complexity index is 1270. The third kappa shape index (κ3) is 4.89. The number of hydrogen-bond acceptors (Lipinski definition) is 7. The number of hydrogen-bond donors (Lipinski definition) is 2. The fourth-order valence-corrected chi connectivity index (χ4v) is 2.98. The van der Waals surface area contributed by atoms with E-state index in [1.807, 2.05) is 17.7 Å². The second kappa shape index (κ2) is 8.46. The number of rotatable bonds is 6. The number of anilines is 2. The molecular weight excluding hydrogens is 427 g/mol.